The van der Waals surface area contributed by atoms with Crippen LogP contribution in [0.5, 0.6) is 0 Å². The van der Waals surface area contributed by atoms with E-state index in [9.17, 15) is 13.5 Å². The average molecular weight is 417 g/mol. The highest BCUT2D eigenvalue weighted by Gasteiger charge is 2.15. The number of hydrogen-bond donors (Lipinski definition) is 3. The van der Waals surface area contributed by atoms with Crippen molar-refractivity contribution >= 4 is 21.7 Å². The standard InChI is InChI=1S/C19H24N6O3S/c1-4-15(26)11-22-29(27,28)16-7-5-14(6-8-16)23-19-20-10-9-17(24-19)18-12-21-13(2)25(18)3/h5-10,12,15,22,26H,4,11H2,1-3H3,(H,20,23,24). The molecule has 1 aromatic carbocycles. The molecular weight excluding hydrogens is 392 g/mol. The van der Waals surface area contributed by atoms with Gasteiger partial charge in [-0.2, -0.15) is 0 Å². The van der Waals surface area contributed by atoms with Gasteiger partial charge >= 0.3 is 0 Å². The molecule has 0 aliphatic rings. The first-order valence-corrected chi connectivity index (χ1v) is 10.6. The maximum absolute atomic E-state index is 12.3. The van der Waals surface area contributed by atoms with Crippen molar-refractivity contribution in [1.29, 1.82) is 0 Å². The molecule has 0 bridgehead atoms. The Morgan fingerprint density at radius 3 is 2.52 bits per heavy atom. The molecule has 1 unspecified atom stereocenters. The van der Waals surface area contributed by atoms with Crippen molar-refractivity contribution in [3.63, 3.8) is 0 Å². The summed E-state index contributed by atoms with van der Waals surface area (Å²) in [6, 6.07) is 8.03. The number of aromatic nitrogens is 4. The molecule has 0 spiro atoms. The van der Waals surface area contributed by atoms with E-state index in [0.717, 1.165) is 17.2 Å². The summed E-state index contributed by atoms with van der Waals surface area (Å²) in [6.45, 7) is 3.68. The van der Waals surface area contributed by atoms with E-state index in [2.05, 4.69) is 25.0 Å². The Labute approximate surface area is 169 Å². The molecule has 2 heterocycles. The molecule has 0 saturated carbocycles. The van der Waals surface area contributed by atoms with Crippen LogP contribution in [0.4, 0.5) is 11.6 Å². The smallest absolute Gasteiger partial charge is 0.240 e. The van der Waals surface area contributed by atoms with Crippen molar-refractivity contribution < 1.29 is 13.5 Å². The lowest BCUT2D eigenvalue weighted by molar-refractivity contribution is 0.174. The van der Waals surface area contributed by atoms with Gasteiger partial charge in [0.15, 0.2) is 0 Å². The Morgan fingerprint density at radius 2 is 1.90 bits per heavy atom. The Kier molecular flexibility index (Phi) is 6.26. The molecule has 0 aliphatic carbocycles. The summed E-state index contributed by atoms with van der Waals surface area (Å²) < 4.78 is 28.9. The van der Waals surface area contributed by atoms with Crippen molar-refractivity contribution in [2.75, 3.05) is 11.9 Å². The fourth-order valence-corrected chi connectivity index (χ4v) is 3.65. The van der Waals surface area contributed by atoms with E-state index in [4.69, 9.17) is 0 Å². The highest BCUT2D eigenvalue weighted by atomic mass is 32.2. The van der Waals surface area contributed by atoms with Crippen LogP contribution in [0, 0.1) is 6.92 Å². The van der Waals surface area contributed by atoms with Gasteiger partial charge in [0.1, 0.15) is 5.82 Å². The van der Waals surface area contributed by atoms with Crippen LogP contribution >= 0.6 is 0 Å². The molecule has 9 nitrogen and oxygen atoms in total. The van der Waals surface area contributed by atoms with E-state index in [1.54, 1.807) is 37.5 Å². The average Bonchev–Trinajstić information content (AvgIpc) is 3.05. The number of nitrogens with zero attached hydrogens (tertiary/aromatic N) is 4. The minimum absolute atomic E-state index is 0.0209. The predicted molar refractivity (Wildman–Crippen MR) is 110 cm³/mol. The number of hydrogen-bond acceptors (Lipinski definition) is 7. The third-order valence-corrected chi connectivity index (χ3v) is 5.98. The normalized spacial score (nSPS) is 12.7. The first kappa shape index (κ1) is 20.9. The first-order chi connectivity index (χ1) is 13.8. The van der Waals surface area contributed by atoms with Crippen molar-refractivity contribution in [2.24, 2.45) is 7.05 Å². The topological polar surface area (TPSA) is 122 Å². The molecule has 0 fully saturated rings. The molecule has 0 aliphatic heterocycles. The Morgan fingerprint density at radius 1 is 1.17 bits per heavy atom. The molecule has 2 aromatic heterocycles. The second kappa shape index (κ2) is 8.68. The van der Waals surface area contributed by atoms with Gasteiger partial charge in [-0.3, -0.25) is 0 Å². The highest BCUT2D eigenvalue weighted by molar-refractivity contribution is 7.89. The summed E-state index contributed by atoms with van der Waals surface area (Å²) in [5, 5.41) is 12.6. The van der Waals surface area contributed by atoms with E-state index < -0.39 is 16.1 Å². The summed E-state index contributed by atoms with van der Waals surface area (Å²) in [6.07, 6.45) is 3.17. The van der Waals surface area contributed by atoms with E-state index in [1.807, 2.05) is 18.5 Å². The van der Waals surface area contributed by atoms with Gasteiger partial charge in [0.2, 0.25) is 16.0 Å². The van der Waals surface area contributed by atoms with E-state index in [-0.39, 0.29) is 11.4 Å². The fourth-order valence-electron chi connectivity index (χ4n) is 2.58. The van der Waals surface area contributed by atoms with Crippen molar-refractivity contribution in [2.45, 2.75) is 31.3 Å². The lowest BCUT2D eigenvalue weighted by Crippen LogP contribution is -2.31. The molecule has 3 N–H and O–H groups in total. The van der Waals surface area contributed by atoms with Gasteiger partial charge in [0.25, 0.3) is 0 Å². The minimum Gasteiger partial charge on any atom is -0.392 e. The van der Waals surface area contributed by atoms with Crippen LogP contribution in [0.25, 0.3) is 11.4 Å². The fraction of sp³-hybridized carbons (Fsp3) is 0.316. The second-order valence-electron chi connectivity index (χ2n) is 6.58. The van der Waals surface area contributed by atoms with E-state index in [0.29, 0.717) is 18.1 Å². The van der Waals surface area contributed by atoms with Crippen molar-refractivity contribution in [1.82, 2.24) is 24.2 Å². The number of rotatable bonds is 8. The zero-order chi connectivity index (χ0) is 21.0. The van der Waals surface area contributed by atoms with Gasteiger partial charge in [-0.1, -0.05) is 6.92 Å². The third-order valence-electron chi connectivity index (χ3n) is 4.54. The van der Waals surface area contributed by atoms with Crippen LogP contribution in [0.1, 0.15) is 19.2 Å². The van der Waals surface area contributed by atoms with E-state index in [1.165, 1.54) is 12.1 Å². The number of sulfonamides is 1. The van der Waals surface area contributed by atoms with Crippen LogP contribution in [-0.4, -0.2) is 45.7 Å². The molecule has 154 valence electrons. The van der Waals surface area contributed by atoms with Crippen LogP contribution < -0.4 is 10.0 Å². The Balaban J connectivity index is 1.73. The van der Waals surface area contributed by atoms with Gasteiger partial charge in [0.05, 0.1) is 28.6 Å². The third kappa shape index (κ3) is 4.97. The lowest BCUT2D eigenvalue weighted by Gasteiger charge is -2.11. The molecule has 0 amide bonds. The molecule has 3 aromatic rings. The predicted octanol–water partition coefficient (Wildman–Crippen LogP) is 1.98. The lowest BCUT2D eigenvalue weighted by atomic mass is 10.3. The second-order valence-corrected chi connectivity index (χ2v) is 8.35. The van der Waals surface area contributed by atoms with Gasteiger partial charge in [0, 0.05) is 25.5 Å². The Bertz CT molecular complexity index is 1080. The number of nitrogens with one attached hydrogen (secondary N) is 2. The number of imidazole rings is 1. The molecule has 0 radical (unpaired) electrons. The maximum atomic E-state index is 12.3. The van der Waals surface area contributed by atoms with Gasteiger partial charge in [-0.25, -0.2) is 28.1 Å². The van der Waals surface area contributed by atoms with Crippen LogP contribution in [-0.2, 0) is 17.1 Å². The van der Waals surface area contributed by atoms with Gasteiger partial charge in [-0.15, -0.1) is 0 Å². The molecule has 29 heavy (non-hydrogen) atoms. The molecule has 10 heteroatoms. The summed E-state index contributed by atoms with van der Waals surface area (Å²) in [5.41, 5.74) is 2.24. The largest absolute Gasteiger partial charge is 0.392 e. The van der Waals surface area contributed by atoms with Gasteiger partial charge in [-0.05, 0) is 43.7 Å². The molecular formula is C19H24N6O3S. The summed E-state index contributed by atoms with van der Waals surface area (Å²) in [4.78, 5) is 13.1. The zero-order valence-corrected chi connectivity index (χ0v) is 17.3. The highest BCUT2D eigenvalue weighted by Crippen LogP contribution is 2.21. The summed E-state index contributed by atoms with van der Waals surface area (Å²) in [7, 11) is -1.76. The van der Waals surface area contributed by atoms with Crippen LogP contribution in [0.3, 0.4) is 0 Å². The summed E-state index contributed by atoms with van der Waals surface area (Å²) >= 11 is 0. The number of aliphatic hydroxyl groups is 1. The number of aliphatic hydroxyl groups excluding tert-OH is 1. The molecule has 3 rings (SSSR count). The minimum atomic E-state index is -3.68. The van der Waals surface area contributed by atoms with Gasteiger partial charge < -0.3 is 15.0 Å². The quantitative estimate of drug-likeness (QED) is 0.513. The van der Waals surface area contributed by atoms with Crippen molar-refractivity contribution in [3.05, 3.63) is 48.5 Å². The van der Waals surface area contributed by atoms with Crippen LogP contribution in [0.2, 0.25) is 0 Å². The van der Waals surface area contributed by atoms with Crippen molar-refractivity contribution in [3.8, 4) is 11.4 Å². The Hall–Kier alpha value is -2.82. The molecule has 0 saturated heterocycles. The number of aryl methyl sites for hydroxylation is 1. The monoisotopic (exact) mass is 416 g/mol. The summed E-state index contributed by atoms with van der Waals surface area (Å²) in [5.74, 6) is 1.27. The van der Waals surface area contributed by atoms with E-state index >= 15 is 0 Å². The molecule has 1 atom stereocenters. The SMILES string of the molecule is CCC(O)CNS(=O)(=O)c1ccc(Nc2nccc(-c3cnc(C)n3C)n2)cc1. The van der Waals surface area contributed by atoms with Crippen LogP contribution in [0.15, 0.2) is 47.6 Å². The first-order valence-electron chi connectivity index (χ1n) is 9.16. The zero-order valence-electron chi connectivity index (χ0n) is 16.5. The maximum Gasteiger partial charge on any atom is 0.240 e. The number of anilines is 2. The number of benzene rings is 1.